The van der Waals surface area contributed by atoms with Crippen LogP contribution in [0.1, 0.15) is 48.9 Å². The predicted octanol–water partition coefficient (Wildman–Crippen LogP) is 1.72. The normalized spacial score (nSPS) is 17.9. The molecule has 0 bridgehead atoms. The maximum Gasteiger partial charge on any atom is 0.253 e. The standard InChI is InChI=1S/C18H26N4O2/c23-17(20-11-14-5-6-14)13-21-18(24)15-7-8-16(19-12-15)22-9-3-1-2-4-10-22/h7-8,12,14H,1-6,9-11,13H2,(H,20,23)(H,21,24). The van der Waals surface area contributed by atoms with Gasteiger partial charge in [-0.25, -0.2) is 4.98 Å². The maximum atomic E-state index is 12.1. The Kier molecular flexibility index (Phi) is 5.67. The summed E-state index contributed by atoms with van der Waals surface area (Å²) in [5.41, 5.74) is 0.489. The molecule has 2 heterocycles. The molecule has 1 aromatic rings. The summed E-state index contributed by atoms with van der Waals surface area (Å²) in [5, 5.41) is 5.48. The van der Waals surface area contributed by atoms with Gasteiger partial charge in [-0.2, -0.15) is 0 Å². The van der Waals surface area contributed by atoms with E-state index in [0.29, 0.717) is 11.5 Å². The Morgan fingerprint density at radius 1 is 1.08 bits per heavy atom. The molecule has 1 saturated heterocycles. The molecule has 0 spiro atoms. The zero-order chi connectivity index (χ0) is 16.8. The van der Waals surface area contributed by atoms with Crippen molar-refractivity contribution in [1.82, 2.24) is 15.6 Å². The molecule has 24 heavy (non-hydrogen) atoms. The first-order chi connectivity index (χ1) is 11.7. The summed E-state index contributed by atoms with van der Waals surface area (Å²) >= 11 is 0. The number of pyridine rings is 1. The number of aromatic nitrogens is 1. The molecule has 1 saturated carbocycles. The summed E-state index contributed by atoms with van der Waals surface area (Å²) < 4.78 is 0. The Hall–Kier alpha value is -2.11. The van der Waals surface area contributed by atoms with Gasteiger partial charge in [-0.05, 0) is 43.7 Å². The van der Waals surface area contributed by atoms with Crippen molar-refractivity contribution >= 4 is 17.6 Å². The van der Waals surface area contributed by atoms with E-state index in [-0.39, 0.29) is 18.4 Å². The van der Waals surface area contributed by atoms with Crippen molar-refractivity contribution in [3.05, 3.63) is 23.9 Å². The molecule has 0 aromatic carbocycles. The SMILES string of the molecule is O=C(CNC(=O)c1ccc(N2CCCCCC2)nc1)NCC1CC1. The quantitative estimate of drug-likeness (QED) is 0.833. The van der Waals surface area contributed by atoms with E-state index in [2.05, 4.69) is 20.5 Å². The van der Waals surface area contributed by atoms with Gasteiger partial charge in [0.05, 0.1) is 12.1 Å². The second-order valence-electron chi connectivity index (χ2n) is 6.74. The van der Waals surface area contributed by atoms with Gasteiger partial charge in [-0.1, -0.05) is 12.8 Å². The minimum atomic E-state index is -0.258. The zero-order valence-electron chi connectivity index (χ0n) is 14.1. The molecule has 130 valence electrons. The molecule has 2 amide bonds. The number of nitrogens with zero attached hydrogens (tertiary/aromatic N) is 2. The molecule has 1 aromatic heterocycles. The summed E-state index contributed by atoms with van der Waals surface area (Å²) in [6.07, 6.45) is 8.93. The first-order valence-corrected chi connectivity index (χ1v) is 8.98. The third kappa shape index (κ3) is 4.94. The summed E-state index contributed by atoms with van der Waals surface area (Å²) in [5.74, 6) is 1.17. The van der Waals surface area contributed by atoms with E-state index in [1.54, 1.807) is 12.3 Å². The fourth-order valence-corrected chi connectivity index (χ4v) is 2.91. The van der Waals surface area contributed by atoms with E-state index >= 15 is 0 Å². The first-order valence-electron chi connectivity index (χ1n) is 8.98. The molecule has 2 N–H and O–H groups in total. The van der Waals surface area contributed by atoms with Crippen molar-refractivity contribution in [2.75, 3.05) is 31.1 Å². The van der Waals surface area contributed by atoms with Crippen LogP contribution in [0.2, 0.25) is 0 Å². The van der Waals surface area contributed by atoms with Crippen LogP contribution >= 0.6 is 0 Å². The summed E-state index contributed by atoms with van der Waals surface area (Å²) in [6, 6.07) is 3.68. The average molecular weight is 330 g/mol. The Morgan fingerprint density at radius 2 is 1.83 bits per heavy atom. The van der Waals surface area contributed by atoms with Gasteiger partial charge in [0.1, 0.15) is 5.82 Å². The van der Waals surface area contributed by atoms with Crippen LogP contribution in [0.3, 0.4) is 0 Å². The lowest BCUT2D eigenvalue weighted by atomic mass is 10.2. The van der Waals surface area contributed by atoms with Gasteiger partial charge in [-0.15, -0.1) is 0 Å². The average Bonchev–Trinajstić information content (AvgIpc) is 3.44. The highest BCUT2D eigenvalue weighted by atomic mass is 16.2. The van der Waals surface area contributed by atoms with Crippen LogP contribution in [0.25, 0.3) is 0 Å². The van der Waals surface area contributed by atoms with Crippen LogP contribution in [0.4, 0.5) is 5.82 Å². The van der Waals surface area contributed by atoms with Crippen molar-refractivity contribution < 1.29 is 9.59 Å². The highest BCUT2D eigenvalue weighted by Crippen LogP contribution is 2.27. The molecule has 1 aliphatic carbocycles. The molecule has 6 nitrogen and oxygen atoms in total. The van der Waals surface area contributed by atoms with Gasteiger partial charge in [0.15, 0.2) is 0 Å². The van der Waals surface area contributed by atoms with Crippen LogP contribution in [-0.2, 0) is 4.79 Å². The number of carbonyl (C=O) groups is 2. The molecule has 0 unspecified atom stereocenters. The Morgan fingerprint density at radius 3 is 2.46 bits per heavy atom. The summed E-state index contributed by atoms with van der Waals surface area (Å²) in [4.78, 5) is 30.5. The Balaban J connectivity index is 1.46. The van der Waals surface area contributed by atoms with E-state index in [0.717, 1.165) is 25.5 Å². The van der Waals surface area contributed by atoms with Crippen molar-refractivity contribution in [2.45, 2.75) is 38.5 Å². The Labute approximate surface area is 143 Å². The smallest absolute Gasteiger partial charge is 0.253 e. The van der Waals surface area contributed by atoms with E-state index < -0.39 is 0 Å². The first kappa shape index (κ1) is 16.7. The zero-order valence-corrected chi connectivity index (χ0v) is 14.1. The third-order valence-electron chi connectivity index (χ3n) is 4.63. The molecule has 1 aliphatic heterocycles. The van der Waals surface area contributed by atoms with Crippen LogP contribution in [0, 0.1) is 5.92 Å². The maximum absolute atomic E-state index is 12.1. The van der Waals surface area contributed by atoms with Gasteiger partial charge in [-0.3, -0.25) is 9.59 Å². The van der Waals surface area contributed by atoms with Crippen LogP contribution < -0.4 is 15.5 Å². The predicted molar refractivity (Wildman–Crippen MR) is 93.0 cm³/mol. The van der Waals surface area contributed by atoms with Crippen molar-refractivity contribution in [2.24, 2.45) is 5.92 Å². The summed E-state index contributed by atoms with van der Waals surface area (Å²) in [7, 11) is 0. The van der Waals surface area contributed by atoms with E-state index in [9.17, 15) is 9.59 Å². The minimum absolute atomic E-state index is 0.0133. The number of carbonyl (C=O) groups excluding carboxylic acids is 2. The number of hydrogen-bond acceptors (Lipinski definition) is 4. The third-order valence-corrected chi connectivity index (χ3v) is 4.63. The lowest BCUT2D eigenvalue weighted by molar-refractivity contribution is -0.120. The fourth-order valence-electron chi connectivity index (χ4n) is 2.91. The summed E-state index contributed by atoms with van der Waals surface area (Å²) in [6.45, 7) is 2.79. The van der Waals surface area contributed by atoms with Crippen molar-refractivity contribution in [1.29, 1.82) is 0 Å². The van der Waals surface area contributed by atoms with Crippen molar-refractivity contribution in [3.8, 4) is 0 Å². The van der Waals surface area contributed by atoms with Crippen LogP contribution in [-0.4, -0.2) is 43.0 Å². The van der Waals surface area contributed by atoms with Gasteiger partial charge in [0.2, 0.25) is 5.91 Å². The molecule has 2 fully saturated rings. The molecule has 0 radical (unpaired) electrons. The molecule has 2 aliphatic rings. The van der Waals surface area contributed by atoms with Crippen LogP contribution in [0.5, 0.6) is 0 Å². The second kappa shape index (κ2) is 8.13. The molecular weight excluding hydrogens is 304 g/mol. The molecule has 3 rings (SSSR count). The van der Waals surface area contributed by atoms with E-state index in [4.69, 9.17) is 0 Å². The van der Waals surface area contributed by atoms with Crippen molar-refractivity contribution in [3.63, 3.8) is 0 Å². The molecular formula is C18H26N4O2. The fraction of sp³-hybridized carbons (Fsp3) is 0.611. The lowest BCUT2D eigenvalue weighted by Gasteiger charge is -2.21. The van der Waals surface area contributed by atoms with Crippen LogP contribution in [0.15, 0.2) is 18.3 Å². The lowest BCUT2D eigenvalue weighted by Crippen LogP contribution is -2.37. The van der Waals surface area contributed by atoms with Gasteiger partial charge in [0.25, 0.3) is 5.91 Å². The number of amides is 2. The number of rotatable bonds is 6. The van der Waals surface area contributed by atoms with Gasteiger partial charge < -0.3 is 15.5 Å². The second-order valence-corrected chi connectivity index (χ2v) is 6.74. The van der Waals surface area contributed by atoms with Gasteiger partial charge >= 0.3 is 0 Å². The number of anilines is 1. The molecule has 0 atom stereocenters. The number of hydrogen-bond donors (Lipinski definition) is 2. The highest BCUT2D eigenvalue weighted by Gasteiger charge is 2.21. The van der Waals surface area contributed by atoms with Gasteiger partial charge in [0, 0.05) is 25.8 Å². The number of nitrogens with one attached hydrogen (secondary N) is 2. The van der Waals surface area contributed by atoms with E-state index in [1.165, 1.54) is 38.5 Å². The topological polar surface area (TPSA) is 74.3 Å². The minimum Gasteiger partial charge on any atom is -0.357 e. The highest BCUT2D eigenvalue weighted by molar-refractivity contribution is 5.96. The largest absolute Gasteiger partial charge is 0.357 e. The van der Waals surface area contributed by atoms with E-state index in [1.807, 2.05) is 6.07 Å². The molecule has 6 heteroatoms. The Bertz CT molecular complexity index is 561. The monoisotopic (exact) mass is 330 g/mol.